The second-order valence-corrected chi connectivity index (χ2v) is 5.50. The average Bonchev–Trinajstić information content (AvgIpc) is 2.57. The number of carbonyl (C=O) groups excluding carboxylic acids is 2. The van der Waals surface area contributed by atoms with Crippen molar-refractivity contribution in [3.63, 3.8) is 0 Å². The number of rotatable bonds is 2. The van der Waals surface area contributed by atoms with Crippen LogP contribution >= 0.6 is 0 Å². The zero-order valence-electron chi connectivity index (χ0n) is 11.3. The first-order chi connectivity index (χ1) is 8.21. The van der Waals surface area contributed by atoms with E-state index in [4.69, 9.17) is 4.74 Å². The van der Waals surface area contributed by atoms with Gasteiger partial charge in [-0.1, -0.05) is 0 Å². The maximum atomic E-state index is 11.8. The second-order valence-electron chi connectivity index (χ2n) is 5.50. The number of nitrogens with one attached hydrogen (secondary N) is 1. The summed E-state index contributed by atoms with van der Waals surface area (Å²) < 4.78 is 9.77. The lowest BCUT2D eigenvalue weighted by Crippen LogP contribution is -2.60. The van der Waals surface area contributed by atoms with E-state index in [1.54, 1.807) is 20.8 Å². The fourth-order valence-corrected chi connectivity index (χ4v) is 2.09. The molecule has 18 heavy (non-hydrogen) atoms. The Bertz CT molecular complexity index is 336. The number of hydrogen-bond acceptors (Lipinski definition) is 5. The molecule has 1 rings (SSSR count). The van der Waals surface area contributed by atoms with Crippen molar-refractivity contribution >= 4 is 12.1 Å². The summed E-state index contributed by atoms with van der Waals surface area (Å²) in [7, 11) is 1.23. The van der Waals surface area contributed by atoms with E-state index >= 15 is 0 Å². The largest absolute Gasteiger partial charge is 0.467 e. The molecule has 6 heteroatoms. The summed E-state index contributed by atoms with van der Waals surface area (Å²) in [6.07, 6.45) is -0.233. The molecule has 0 bridgehead atoms. The van der Waals surface area contributed by atoms with Gasteiger partial charge in [0.05, 0.1) is 13.2 Å². The highest BCUT2D eigenvalue weighted by atomic mass is 16.6. The number of hydrogen-bond donors (Lipinski definition) is 2. The van der Waals surface area contributed by atoms with Crippen LogP contribution < -0.4 is 5.32 Å². The third kappa shape index (κ3) is 3.13. The van der Waals surface area contributed by atoms with Crippen LogP contribution in [0.25, 0.3) is 0 Å². The van der Waals surface area contributed by atoms with Crippen LogP contribution in [0.3, 0.4) is 0 Å². The molecule has 0 heterocycles. The van der Waals surface area contributed by atoms with Gasteiger partial charge in [-0.05, 0) is 40.0 Å². The number of alkyl carbamates (subject to hydrolysis) is 1. The first-order valence-electron chi connectivity index (χ1n) is 5.99. The Hall–Kier alpha value is -1.30. The predicted molar refractivity (Wildman–Crippen MR) is 64.0 cm³/mol. The van der Waals surface area contributed by atoms with E-state index in [0.717, 1.165) is 0 Å². The molecule has 2 N–H and O–H groups in total. The summed E-state index contributed by atoms with van der Waals surface area (Å²) in [5, 5.41) is 12.4. The Balaban J connectivity index is 2.81. The highest BCUT2D eigenvalue weighted by molar-refractivity contribution is 5.87. The topological polar surface area (TPSA) is 84.9 Å². The predicted octanol–water partition coefficient (Wildman–Crippen LogP) is 0.968. The Morgan fingerprint density at radius 1 is 1.39 bits per heavy atom. The van der Waals surface area contributed by atoms with Gasteiger partial charge in [0.1, 0.15) is 5.60 Å². The Labute approximate surface area is 107 Å². The lowest BCUT2D eigenvalue weighted by molar-refractivity contribution is -0.152. The highest BCUT2D eigenvalue weighted by Gasteiger charge is 2.51. The molecule has 1 fully saturated rings. The summed E-state index contributed by atoms with van der Waals surface area (Å²) >= 11 is 0. The SMILES string of the molecule is COC(=O)[C@]1(NC(=O)OC(C)(C)C)CCC[C@@H]1O. The standard InChI is InChI=1S/C12H21NO5/c1-11(2,3)18-10(16)13-12(9(15)17-4)7-5-6-8(12)14/h8,14H,5-7H2,1-4H3,(H,13,16)/t8-,12-/m0/s1. The minimum absolute atomic E-state index is 0.347. The quantitative estimate of drug-likeness (QED) is 0.722. The van der Waals surface area contributed by atoms with Crippen LogP contribution in [0.1, 0.15) is 40.0 Å². The van der Waals surface area contributed by atoms with Crippen molar-refractivity contribution in [2.75, 3.05) is 7.11 Å². The molecule has 0 spiro atoms. The summed E-state index contributed by atoms with van der Waals surface area (Å²) in [4.78, 5) is 23.5. The normalized spacial score (nSPS) is 27.7. The van der Waals surface area contributed by atoms with E-state index in [-0.39, 0.29) is 0 Å². The molecule has 1 aliphatic rings. The van der Waals surface area contributed by atoms with E-state index < -0.39 is 29.3 Å². The van der Waals surface area contributed by atoms with Crippen LogP contribution in [0, 0.1) is 0 Å². The molecule has 1 aliphatic carbocycles. The first kappa shape index (κ1) is 14.8. The molecule has 0 radical (unpaired) electrons. The zero-order chi connectivity index (χ0) is 14.0. The van der Waals surface area contributed by atoms with Gasteiger partial charge >= 0.3 is 12.1 Å². The molecule has 1 amide bonds. The van der Waals surface area contributed by atoms with Crippen LogP contribution in [0.4, 0.5) is 4.79 Å². The Morgan fingerprint density at radius 3 is 2.39 bits per heavy atom. The molecule has 0 aromatic heterocycles. The van der Waals surface area contributed by atoms with Gasteiger partial charge in [0.2, 0.25) is 0 Å². The van der Waals surface area contributed by atoms with Gasteiger partial charge in [-0.2, -0.15) is 0 Å². The molecule has 0 aromatic carbocycles. The molecule has 0 saturated heterocycles. The fraction of sp³-hybridized carbons (Fsp3) is 0.833. The molecule has 104 valence electrons. The van der Waals surface area contributed by atoms with E-state index in [1.807, 2.05) is 0 Å². The molecule has 2 atom stereocenters. The number of carbonyl (C=O) groups is 2. The minimum Gasteiger partial charge on any atom is -0.467 e. The number of methoxy groups -OCH3 is 1. The van der Waals surface area contributed by atoms with Crippen molar-refractivity contribution in [1.29, 1.82) is 0 Å². The van der Waals surface area contributed by atoms with Crippen molar-refractivity contribution in [1.82, 2.24) is 5.32 Å². The van der Waals surface area contributed by atoms with Gasteiger partial charge in [0, 0.05) is 0 Å². The van der Waals surface area contributed by atoms with Crippen molar-refractivity contribution in [2.45, 2.75) is 57.3 Å². The Kier molecular flexibility index (Phi) is 4.21. The molecule has 0 unspecified atom stereocenters. The maximum absolute atomic E-state index is 11.8. The lowest BCUT2D eigenvalue weighted by Gasteiger charge is -2.31. The molecule has 6 nitrogen and oxygen atoms in total. The van der Waals surface area contributed by atoms with Crippen molar-refractivity contribution in [3.05, 3.63) is 0 Å². The van der Waals surface area contributed by atoms with Gasteiger partial charge in [-0.15, -0.1) is 0 Å². The lowest BCUT2D eigenvalue weighted by atomic mass is 9.95. The average molecular weight is 259 g/mol. The van der Waals surface area contributed by atoms with Crippen molar-refractivity contribution in [3.8, 4) is 0 Å². The number of ether oxygens (including phenoxy) is 2. The monoisotopic (exact) mass is 259 g/mol. The van der Waals surface area contributed by atoms with E-state index in [0.29, 0.717) is 19.3 Å². The minimum atomic E-state index is -1.38. The highest BCUT2D eigenvalue weighted by Crippen LogP contribution is 2.31. The third-order valence-corrected chi connectivity index (χ3v) is 2.89. The van der Waals surface area contributed by atoms with Crippen LogP contribution in [0.15, 0.2) is 0 Å². The third-order valence-electron chi connectivity index (χ3n) is 2.89. The summed E-state index contributed by atoms with van der Waals surface area (Å²) in [6, 6.07) is 0. The summed E-state index contributed by atoms with van der Waals surface area (Å²) in [5.74, 6) is -0.640. The van der Waals surface area contributed by atoms with Gasteiger partial charge < -0.3 is 19.9 Å². The Morgan fingerprint density at radius 2 is 2.00 bits per heavy atom. The van der Waals surface area contributed by atoms with Gasteiger partial charge in [0.25, 0.3) is 0 Å². The zero-order valence-corrected chi connectivity index (χ0v) is 11.3. The number of amides is 1. The van der Waals surface area contributed by atoms with Crippen molar-refractivity contribution in [2.24, 2.45) is 0 Å². The van der Waals surface area contributed by atoms with Gasteiger partial charge in [-0.25, -0.2) is 9.59 Å². The van der Waals surface area contributed by atoms with Crippen LogP contribution in [-0.4, -0.2) is 41.5 Å². The molecular weight excluding hydrogens is 238 g/mol. The smallest absolute Gasteiger partial charge is 0.408 e. The number of aliphatic hydroxyl groups excluding tert-OH is 1. The first-order valence-corrected chi connectivity index (χ1v) is 5.99. The number of aliphatic hydroxyl groups is 1. The fourth-order valence-electron chi connectivity index (χ4n) is 2.09. The maximum Gasteiger partial charge on any atom is 0.408 e. The second kappa shape index (κ2) is 5.14. The summed E-state index contributed by atoms with van der Waals surface area (Å²) in [5.41, 5.74) is -2.04. The van der Waals surface area contributed by atoms with Crippen LogP contribution in [-0.2, 0) is 14.3 Å². The molecule has 1 saturated carbocycles. The van der Waals surface area contributed by atoms with E-state index in [1.165, 1.54) is 7.11 Å². The molecule has 0 aliphatic heterocycles. The van der Waals surface area contributed by atoms with Gasteiger partial charge in [0.15, 0.2) is 5.54 Å². The van der Waals surface area contributed by atoms with E-state index in [9.17, 15) is 14.7 Å². The van der Waals surface area contributed by atoms with Crippen molar-refractivity contribution < 1.29 is 24.2 Å². The molecular formula is C12H21NO5. The molecule has 0 aromatic rings. The van der Waals surface area contributed by atoms with Crippen LogP contribution in [0.2, 0.25) is 0 Å². The van der Waals surface area contributed by atoms with Crippen LogP contribution in [0.5, 0.6) is 0 Å². The van der Waals surface area contributed by atoms with E-state index in [2.05, 4.69) is 10.1 Å². The number of esters is 1. The summed E-state index contributed by atoms with van der Waals surface area (Å²) in [6.45, 7) is 5.17. The van der Waals surface area contributed by atoms with Gasteiger partial charge in [-0.3, -0.25) is 0 Å².